The van der Waals surface area contributed by atoms with Crippen LogP contribution in [0.2, 0.25) is 0 Å². The summed E-state index contributed by atoms with van der Waals surface area (Å²) in [6.07, 6.45) is 2.80. The number of methoxy groups -OCH3 is 2. The second-order valence-electron chi connectivity index (χ2n) is 3.84. The SMILES string of the molecule is COc1cc(C=O)cc(OC)c1OCCCCC#N. The number of hydrogen-bond acceptors (Lipinski definition) is 5. The lowest BCUT2D eigenvalue weighted by Crippen LogP contribution is -2.02. The lowest BCUT2D eigenvalue weighted by molar-refractivity contribution is 0.112. The molecule has 0 atom stereocenters. The predicted octanol–water partition coefficient (Wildman–Crippen LogP) is 2.59. The Morgan fingerprint density at radius 3 is 2.32 bits per heavy atom. The van der Waals surface area contributed by atoms with Crippen LogP contribution in [-0.4, -0.2) is 27.1 Å². The highest BCUT2D eigenvalue weighted by atomic mass is 16.5. The molecule has 5 nitrogen and oxygen atoms in total. The van der Waals surface area contributed by atoms with Gasteiger partial charge in [0.15, 0.2) is 11.5 Å². The van der Waals surface area contributed by atoms with Gasteiger partial charge in [-0.05, 0) is 25.0 Å². The van der Waals surface area contributed by atoms with E-state index in [2.05, 4.69) is 6.07 Å². The fraction of sp³-hybridized carbons (Fsp3) is 0.429. The minimum atomic E-state index is 0.460. The molecular formula is C14H17NO4. The van der Waals surface area contributed by atoms with Crippen LogP contribution < -0.4 is 14.2 Å². The first-order valence-electron chi connectivity index (χ1n) is 5.97. The summed E-state index contributed by atoms with van der Waals surface area (Å²) in [7, 11) is 3.01. The summed E-state index contributed by atoms with van der Waals surface area (Å²) in [5.74, 6) is 1.40. The van der Waals surface area contributed by atoms with Gasteiger partial charge in [-0.15, -0.1) is 0 Å². The van der Waals surface area contributed by atoms with E-state index in [0.717, 1.165) is 19.1 Å². The maximum Gasteiger partial charge on any atom is 0.203 e. The van der Waals surface area contributed by atoms with E-state index in [1.54, 1.807) is 12.1 Å². The molecule has 0 saturated carbocycles. The van der Waals surface area contributed by atoms with Crippen molar-refractivity contribution in [2.75, 3.05) is 20.8 Å². The summed E-state index contributed by atoms with van der Waals surface area (Å²) in [5.41, 5.74) is 0.463. The van der Waals surface area contributed by atoms with E-state index in [1.807, 2.05) is 0 Å². The van der Waals surface area contributed by atoms with Crippen molar-refractivity contribution in [2.45, 2.75) is 19.3 Å². The molecule has 0 saturated heterocycles. The van der Waals surface area contributed by atoms with Crippen molar-refractivity contribution in [2.24, 2.45) is 0 Å². The quantitative estimate of drug-likeness (QED) is 0.532. The van der Waals surface area contributed by atoms with Crippen molar-refractivity contribution >= 4 is 6.29 Å². The Morgan fingerprint density at radius 1 is 1.21 bits per heavy atom. The van der Waals surface area contributed by atoms with E-state index >= 15 is 0 Å². The molecule has 1 rings (SSSR count). The zero-order valence-corrected chi connectivity index (χ0v) is 11.1. The average Bonchev–Trinajstić information content (AvgIpc) is 2.46. The van der Waals surface area contributed by atoms with E-state index < -0.39 is 0 Å². The molecule has 0 aliphatic heterocycles. The van der Waals surface area contributed by atoms with Gasteiger partial charge in [0, 0.05) is 12.0 Å². The van der Waals surface area contributed by atoms with Gasteiger partial charge in [-0.1, -0.05) is 0 Å². The summed E-state index contributed by atoms with van der Waals surface area (Å²) in [6, 6.07) is 5.28. The van der Waals surface area contributed by atoms with Gasteiger partial charge in [0.05, 0.1) is 26.9 Å². The first-order chi connectivity index (χ1) is 9.26. The van der Waals surface area contributed by atoms with Crippen LogP contribution in [0.25, 0.3) is 0 Å². The van der Waals surface area contributed by atoms with Crippen molar-refractivity contribution in [1.29, 1.82) is 5.26 Å². The van der Waals surface area contributed by atoms with Gasteiger partial charge in [0.1, 0.15) is 6.29 Å². The highest BCUT2D eigenvalue weighted by Gasteiger charge is 2.13. The van der Waals surface area contributed by atoms with E-state index in [1.165, 1.54) is 14.2 Å². The van der Waals surface area contributed by atoms with E-state index in [9.17, 15) is 4.79 Å². The molecule has 0 aromatic heterocycles. The number of nitriles is 1. The number of hydrogen-bond donors (Lipinski definition) is 0. The number of benzene rings is 1. The Labute approximate surface area is 112 Å². The lowest BCUT2D eigenvalue weighted by Gasteiger charge is -2.14. The molecular weight excluding hydrogens is 246 g/mol. The standard InChI is InChI=1S/C14H17NO4/c1-17-12-8-11(10-16)9-13(18-2)14(12)19-7-5-3-4-6-15/h8-10H,3-5,7H2,1-2H3. The topological polar surface area (TPSA) is 68.6 Å². The third kappa shape index (κ3) is 4.18. The molecule has 0 fully saturated rings. The van der Waals surface area contributed by atoms with Crippen LogP contribution in [0.15, 0.2) is 12.1 Å². The second-order valence-corrected chi connectivity index (χ2v) is 3.84. The Kier molecular flexibility index (Phi) is 6.23. The van der Waals surface area contributed by atoms with Gasteiger partial charge in [0.25, 0.3) is 0 Å². The predicted molar refractivity (Wildman–Crippen MR) is 69.9 cm³/mol. The van der Waals surface area contributed by atoms with E-state index in [0.29, 0.717) is 35.8 Å². The van der Waals surface area contributed by atoms with Crippen molar-refractivity contribution in [1.82, 2.24) is 0 Å². The molecule has 0 amide bonds. The van der Waals surface area contributed by atoms with Gasteiger partial charge in [-0.3, -0.25) is 4.79 Å². The number of aldehydes is 1. The van der Waals surface area contributed by atoms with Crippen LogP contribution in [0.5, 0.6) is 17.2 Å². The van der Waals surface area contributed by atoms with Crippen LogP contribution >= 0.6 is 0 Å². The number of carbonyl (C=O) groups is 1. The molecule has 19 heavy (non-hydrogen) atoms. The Bertz CT molecular complexity index is 440. The lowest BCUT2D eigenvalue weighted by atomic mass is 10.2. The van der Waals surface area contributed by atoms with Crippen molar-refractivity contribution < 1.29 is 19.0 Å². The minimum Gasteiger partial charge on any atom is -0.493 e. The summed E-state index contributed by atoms with van der Waals surface area (Å²) >= 11 is 0. The highest BCUT2D eigenvalue weighted by molar-refractivity contribution is 5.78. The molecule has 0 unspecified atom stereocenters. The highest BCUT2D eigenvalue weighted by Crippen LogP contribution is 2.38. The van der Waals surface area contributed by atoms with Gasteiger partial charge >= 0.3 is 0 Å². The van der Waals surface area contributed by atoms with Crippen molar-refractivity contribution in [3.05, 3.63) is 17.7 Å². The van der Waals surface area contributed by atoms with Gasteiger partial charge in [-0.25, -0.2) is 0 Å². The van der Waals surface area contributed by atoms with Crippen molar-refractivity contribution in [3.8, 4) is 23.3 Å². The maximum atomic E-state index is 10.8. The van der Waals surface area contributed by atoms with Gasteiger partial charge < -0.3 is 14.2 Å². The molecule has 5 heteroatoms. The number of nitrogens with zero attached hydrogens (tertiary/aromatic N) is 1. The third-order valence-corrected chi connectivity index (χ3v) is 2.55. The zero-order valence-electron chi connectivity index (χ0n) is 11.1. The number of carbonyl (C=O) groups excluding carboxylic acids is 1. The molecule has 0 aliphatic rings. The smallest absolute Gasteiger partial charge is 0.203 e. The van der Waals surface area contributed by atoms with E-state index in [-0.39, 0.29) is 0 Å². The molecule has 1 aromatic carbocycles. The fourth-order valence-corrected chi connectivity index (χ4v) is 1.59. The van der Waals surface area contributed by atoms with Gasteiger partial charge in [0.2, 0.25) is 5.75 Å². The van der Waals surface area contributed by atoms with E-state index in [4.69, 9.17) is 19.5 Å². The third-order valence-electron chi connectivity index (χ3n) is 2.55. The molecule has 0 radical (unpaired) electrons. The molecule has 0 bridgehead atoms. The summed E-state index contributed by atoms with van der Waals surface area (Å²) in [6.45, 7) is 0.467. The maximum absolute atomic E-state index is 10.8. The minimum absolute atomic E-state index is 0.460. The molecule has 0 aliphatic carbocycles. The monoisotopic (exact) mass is 263 g/mol. The van der Waals surface area contributed by atoms with Crippen LogP contribution in [0.1, 0.15) is 29.6 Å². The van der Waals surface area contributed by atoms with Crippen LogP contribution in [-0.2, 0) is 0 Å². The summed E-state index contributed by atoms with van der Waals surface area (Å²) in [5, 5.41) is 8.44. The second kappa shape index (κ2) is 7.98. The van der Waals surface area contributed by atoms with Gasteiger partial charge in [-0.2, -0.15) is 5.26 Å². The Morgan fingerprint density at radius 2 is 1.84 bits per heavy atom. The van der Waals surface area contributed by atoms with Crippen LogP contribution in [0, 0.1) is 11.3 Å². The Hall–Kier alpha value is -2.22. The fourth-order valence-electron chi connectivity index (χ4n) is 1.59. The zero-order chi connectivity index (χ0) is 14.1. The molecule has 0 N–H and O–H groups in total. The molecule has 0 heterocycles. The number of unbranched alkanes of at least 4 members (excludes halogenated alkanes) is 2. The molecule has 102 valence electrons. The first-order valence-corrected chi connectivity index (χ1v) is 5.97. The average molecular weight is 263 g/mol. The Balaban J connectivity index is 2.80. The molecule has 0 spiro atoms. The summed E-state index contributed by atoms with van der Waals surface area (Å²) < 4.78 is 16.0. The van der Waals surface area contributed by atoms with Crippen molar-refractivity contribution in [3.63, 3.8) is 0 Å². The normalized spacial score (nSPS) is 9.53. The van der Waals surface area contributed by atoms with Crippen LogP contribution in [0.3, 0.4) is 0 Å². The largest absolute Gasteiger partial charge is 0.493 e. The summed E-state index contributed by atoms with van der Waals surface area (Å²) in [4.78, 5) is 10.8. The number of rotatable bonds is 8. The number of ether oxygens (including phenoxy) is 3. The molecule has 1 aromatic rings. The van der Waals surface area contributed by atoms with Crippen LogP contribution in [0.4, 0.5) is 0 Å². The first kappa shape index (κ1) is 14.8.